The van der Waals surface area contributed by atoms with Gasteiger partial charge in [-0.1, -0.05) is 221 Å². The first kappa shape index (κ1) is 62.3. The van der Waals surface area contributed by atoms with E-state index in [-0.39, 0.29) is 31.1 Å². The molecule has 0 radical (unpaired) electrons. The Balaban J connectivity index is 4.44. The van der Waals surface area contributed by atoms with Crippen molar-refractivity contribution in [2.45, 2.75) is 252 Å². The topological polar surface area (TPSA) is 78.9 Å². The summed E-state index contributed by atoms with van der Waals surface area (Å²) in [5.41, 5.74) is 0. The van der Waals surface area contributed by atoms with Crippen LogP contribution in [0, 0.1) is 0 Å². The number of carbonyl (C=O) groups is 3. The third-order valence-corrected chi connectivity index (χ3v) is 11.4. The Labute approximate surface area is 407 Å². The first-order chi connectivity index (χ1) is 32.5. The summed E-state index contributed by atoms with van der Waals surface area (Å²) in [6.45, 7) is 6.35. The molecule has 0 aliphatic rings. The van der Waals surface area contributed by atoms with Gasteiger partial charge in [-0.2, -0.15) is 0 Å². The van der Waals surface area contributed by atoms with Crippen molar-refractivity contribution in [2.24, 2.45) is 0 Å². The van der Waals surface area contributed by atoms with Crippen LogP contribution in [-0.2, 0) is 28.6 Å². The van der Waals surface area contributed by atoms with Crippen molar-refractivity contribution < 1.29 is 28.6 Å². The van der Waals surface area contributed by atoms with Gasteiger partial charge in [-0.3, -0.25) is 14.4 Å². The molecule has 0 bridgehead atoms. The Bertz CT molecular complexity index is 1330. The highest BCUT2D eigenvalue weighted by Gasteiger charge is 2.19. The van der Waals surface area contributed by atoms with E-state index < -0.39 is 6.10 Å². The van der Waals surface area contributed by atoms with Crippen LogP contribution < -0.4 is 0 Å². The van der Waals surface area contributed by atoms with Gasteiger partial charge in [-0.25, -0.2) is 0 Å². The molecule has 6 nitrogen and oxygen atoms in total. The lowest BCUT2D eigenvalue weighted by atomic mass is 10.1. The van der Waals surface area contributed by atoms with E-state index in [1.54, 1.807) is 0 Å². The van der Waals surface area contributed by atoms with Gasteiger partial charge in [0.15, 0.2) is 6.10 Å². The zero-order chi connectivity index (χ0) is 47.9. The van der Waals surface area contributed by atoms with Gasteiger partial charge in [0, 0.05) is 19.3 Å². The number of hydrogen-bond donors (Lipinski definition) is 0. The van der Waals surface area contributed by atoms with Crippen LogP contribution in [0.2, 0.25) is 0 Å². The van der Waals surface area contributed by atoms with E-state index in [2.05, 4.69) is 118 Å². The SMILES string of the molecule is CC/C=C/C=C/C=C/CCCCCCCC(=O)OCC(COC(=O)CCCCCCCC/C=C/C/C=C/C/C=C/C/C=C/CC)OC(=O)CCCCCCC/C=C/CCCCCCCCC. The zero-order valence-electron chi connectivity index (χ0n) is 42.9. The molecule has 0 aromatic carbocycles. The highest BCUT2D eigenvalue weighted by Crippen LogP contribution is 2.14. The standard InChI is InChI=1S/C60H100O6/c1-4-7-10-13-16-19-22-25-27-29-30-31-33-35-38-41-44-47-50-53-59(62)65-56-57(55-64-58(61)52-49-46-43-40-37-34-24-21-18-15-12-9-6-3)66-60(63)54-51-48-45-42-39-36-32-28-26-23-20-17-14-11-8-5-2/h7,9-10,12,15-16,18-19,21,24-25,27-28,30-32,57H,4-6,8,11,13-14,17,20,22-23,26,29,33-56H2,1-3H3/b10-7+,12-9+,18-15+,19-16+,24-21+,27-25+,31-30+,32-28+. The first-order valence-electron chi connectivity index (χ1n) is 27.3. The highest BCUT2D eigenvalue weighted by molar-refractivity contribution is 5.71. The number of ether oxygens (including phenoxy) is 3. The van der Waals surface area contributed by atoms with Crippen LogP contribution in [0.15, 0.2) is 97.2 Å². The number of carbonyl (C=O) groups excluding carboxylic acids is 3. The Morgan fingerprint density at radius 2 is 0.667 bits per heavy atom. The molecule has 0 aromatic rings. The van der Waals surface area contributed by atoms with Crippen molar-refractivity contribution in [1.29, 1.82) is 0 Å². The van der Waals surface area contributed by atoms with Crippen molar-refractivity contribution in [3.8, 4) is 0 Å². The van der Waals surface area contributed by atoms with Crippen molar-refractivity contribution in [3.63, 3.8) is 0 Å². The van der Waals surface area contributed by atoms with Gasteiger partial charge in [0.2, 0.25) is 0 Å². The van der Waals surface area contributed by atoms with Gasteiger partial charge in [-0.15, -0.1) is 0 Å². The normalized spacial score (nSPS) is 12.8. The van der Waals surface area contributed by atoms with E-state index in [1.807, 2.05) is 0 Å². The monoisotopic (exact) mass is 917 g/mol. The number of allylic oxidation sites excluding steroid dienone is 16. The molecule has 0 amide bonds. The molecule has 66 heavy (non-hydrogen) atoms. The summed E-state index contributed by atoms with van der Waals surface area (Å²) in [6.07, 6.45) is 71.0. The maximum absolute atomic E-state index is 12.8. The van der Waals surface area contributed by atoms with Crippen LogP contribution in [-0.4, -0.2) is 37.2 Å². The number of rotatable bonds is 48. The van der Waals surface area contributed by atoms with Crippen molar-refractivity contribution in [1.82, 2.24) is 0 Å². The van der Waals surface area contributed by atoms with E-state index in [4.69, 9.17) is 14.2 Å². The van der Waals surface area contributed by atoms with Gasteiger partial charge < -0.3 is 14.2 Å². The summed E-state index contributed by atoms with van der Waals surface area (Å²) < 4.78 is 16.8. The van der Waals surface area contributed by atoms with Crippen LogP contribution in [0.4, 0.5) is 0 Å². The highest BCUT2D eigenvalue weighted by atomic mass is 16.6. The predicted octanol–water partition coefficient (Wildman–Crippen LogP) is 18.1. The van der Waals surface area contributed by atoms with Crippen molar-refractivity contribution >= 4 is 17.9 Å². The molecule has 0 aliphatic carbocycles. The third-order valence-electron chi connectivity index (χ3n) is 11.4. The molecule has 0 fully saturated rings. The van der Waals surface area contributed by atoms with Gasteiger partial charge in [0.1, 0.15) is 13.2 Å². The van der Waals surface area contributed by atoms with Crippen LogP contribution in [0.3, 0.4) is 0 Å². The molecule has 0 aliphatic heterocycles. The molecule has 1 atom stereocenters. The average Bonchev–Trinajstić information content (AvgIpc) is 3.31. The minimum absolute atomic E-state index is 0.0959. The molecule has 0 N–H and O–H groups in total. The van der Waals surface area contributed by atoms with Crippen molar-refractivity contribution in [2.75, 3.05) is 13.2 Å². The smallest absolute Gasteiger partial charge is 0.306 e. The fraction of sp³-hybridized carbons (Fsp3) is 0.683. The molecule has 1 unspecified atom stereocenters. The Morgan fingerprint density at radius 3 is 1.11 bits per heavy atom. The third kappa shape index (κ3) is 51.3. The molecule has 6 heteroatoms. The van der Waals surface area contributed by atoms with Crippen LogP contribution in [0.25, 0.3) is 0 Å². The second kappa shape index (κ2) is 53.9. The minimum atomic E-state index is -0.797. The maximum Gasteiger partial charge on any atom is 0.306 e. The van der Waals surface area contributed by atoms with Crippen molar-refractivity contribution in [3.05, 3.63) is 97.2 Å². The molecule has 0 saturated heterocycles. The summed E-state index contributed by atoms with van der Waals surface area (Å²) in [5, 5.41) is 0. The minimum Gasteiger partial charge on any atom is -0.462 e. The van der Waals surface area contributed by atoms with E-state index in [0.717, 1.165) is 135 Å². The summed E-state index contributed by atoms with van der Waals surface area (Å²) in [5.74, 6) is -0.938. The van der Waals surface area contributed by atoms with Gasteiger partial charge >= 0.3 is 17.9 Å². The summed E-state index contributed by atoms with van der Waals surface area (Å²) >= 11 is 0. The van der Waals surface area contributed by atoms with E-state index in [0.29, 0.717) is 19.3 Å². The lowest BCUT2D eigenvalue weighted by molar-refractivity contribution is -0.167. The number of hydrogen-bond acceptors (Lipinski definition) is 6. The molecule has 376 valence electrons. The molecule has 0 aromatic heterocycles. The largest absolute Gasteiger partial charge is 0.462 e. The van der Waals surface area contributed by atoms with Gasteiger partial charge in [-0.05, 0) is 103 Å². The summed E-state index contributed by atoms with van der Waals surface area (Å²) in [6, 6.07) is 0. The molecular formula is C60H100O6. The van der Waals surface area contributed by atoms with E-state index >= 15 is 0 Å². The number of esters is 3. The second-order valence-electron chi connectivity index (χ2n) is 17.8. The summed E-state index contributed by atoms with van der Waals surface area (Å²) in [7, 11) is 0. The lowest BCUT2D eigenvalue weighted by Gasteiger charge is -2.18. The number of unbranched alkanes of at least 4 members (excludes halogenated alkanes) is 23. The summed E-state index contributed by atoms with van der Waals surface area (Å²) in [4.78, 5) is 38.1. The fourth-order valence-electron chi connectivity index (χ4n) is 7.31. The first-order valence-corrected chi connectivity index (χ1v) is 27.3. The Hall–Kier alpha value is -3.67. The van der Waals surface area contributed by atoms with Gasteiger partial charge in [0.05, 0.1) is 0 Å². The van der Waals surface area contributed by atoms with Crippen LogP contribution in [0.5, 0.6) is 0 Å². The second-order valence-corrected chi connectivity index (χ2v) is 17.8. The zero-order valence-corrected chi connectivity index (χ0v) is 42.9. The lowest BCUT2D eigenvalue weighted by Crippen LogP contribution is -2.30. The van der Waals surface area contributed by atoms with Gasteiger partial charge in [0.25, 0.3) is 0 Å². The maximum atomic E-state index is 12.8. The Kier molecular flexibility index (Phi) is 50.9. The molecule has 0 saturated carbocycles. The fourth-order valence-corrected chi connectivity index (χ4v) is 7.31. The predicted molar refractivity (Wildman–Crippen MR) is 284 cm³/mol. The van der Waals surface area contributed by atoms with Crippen LogP contribution in [0.1, 0.15) is 245 Å². The molecular weight excluding hydrogens is 817 g/mol. The quantitative estimate of drug-likeness (QED) is 0.0199. The van der Waals surface area contributed by atoms with E-state index in [1.165, 1.54) is 70.6 Å². The van der Waals surface area contributed by atoms with E-state index in [9.17, 15) is 14.4 Å². The molecule has 0 spiro atoms. The average molecular weight is 917 g/mol. The molecule has 0 rings (SSSR count). The Morgan fingerprint density at radius 1 is 0.333 bits per heavy atom. The van der Waals surface area contributed by atoms with Crippen LogP contribution >= 0.6 is 0 Å². The molecule has 0 heterocycles.